The second-order valence-corrected chi connectivity index (χ2v) is 5.00. The van der Waals surface area contributed by atoms with Gasteiger partial charge in [0, 0.05) is 18.9 Å². The van der Waals surface area contributed by atoms with Gasteiger partial charge in [0.15, 0.2) is 0 Å². The molecule has 1 aliphatic carbocycles. The second-order valence-electron chi connectivity index (χ2n) is 5.00. The zero-order valence-corrected chi connectivity index (χ0v) is 10.1. The Balaban J connectivity index is 1.68. The highest BCUT2D eigenvalue weighted by Crippen LogP contribution is 2.22. The number of carbonyl (C=O) groups is 1. The lowest BCUT2D eigenvalue weighted by molar-refractivity contribution is -0.158. The van der Waals surface area contributed by atoms with E-state index in [1.807, 2.05) is 13.8 Å². The first-order valence-electron chi connectivity index (χ1n) is 6.22. The summed E-state index contributed by atoms with van der Waals surface area (Å²) in [6.07, 6.45) is 4.44. The van der Waals surface area contributed by atoms with E-state index in [0.29, 0.717) is 12.6 Å². The highest BCUT2D eigenvalue weighted by molar-refractivity contribution is 5.71. The minimum Gasteiger partial charge on any atom is -0.461 e. The molecule has 0 spiro atoms. The van der Waals surface area contributed by atoms with Gasteiger partial charge in [-0.15, -0.1) is 0 Å². The molecule has 16 heavy (non-hydrogen) atoms. The van der Waals surface area contributed by atoms with Crippen LogP contribution in [0.4, 0.5) is 0 Å². The number of rotatable bonds is 4. The summed E-state index contributed by atoms with van der Waals surface area (Å²) >= 11 is 0. The third kappa shape index (κ3) is 3.76. The number of hydrogen-bond acceptors (Lipinski definition) is 4. The van der Waals surface area contributed by atoms with Crippen LogP contribution in [0.3, 0.4) is 0 Å². The SMILES string of the molecule is CC1CC(OC(=O)CNC2CC2)CC(C)O1. The molecule has 2 aliphatic rings. The van der Waals surface area contributed by atoms with Gasteiger partial charge in [-0.3, -0.25) is 4.79 Å². The van der Waals surface area contributed by atoms with E-state index in [-0.39, 0.29) is 24.3 Å². The average molecular weight is 227 g/mol. The Kier molecular flexibility index (Phi) is 3.82. The van der Waals surface area contributed by atoms with E-state index in [4.69, 9.17) is 9.47 Å². The van der Waals surface area contributed by atoms with Gasteiger partial charge in [-0.1, -0.05) is 0 Å². The van der Waals surface area contributed by atoms with E-state index in [2.05, 4.69) is 5.32 Å². The third-order valence-electron chi connectivity index (χ3n) is 3.06. The zero-order valence-electron chi connectivity index (χ0n) is 10.1. The highest BCUT2D eigenvalue weighted by Gasteiger charge is 2.28. The van der Waals surface area contributed by atoms with Crippen LogP contribution in [-0.2, 0) is 14.3 Å². The average Bonchev–Trinajstić information content (AvgIpc) is 2.96. The van der Waals surface area contributed by atoms with E-state index in [1.54, 1.807) is 0 Å². The van der Waals surface area contributed by atoms with Gasteiger partial charge >= 0.3 is 5.97 Å². The van der Waals surface area contributed by atoms with Crippen molar-refractivity contribution in [3.63, 3.8) is 0 Å². The first-order valence-corrected chi connectivity index (χ1v) is 6.22. The molecule has 2 unspecified atom stereocenters. The van der Waals surface area contributed by atoms with Crippen LogP contribution in [-0.4, -0.2) is 36.9 Å². The molecule has 0 amide bonds. The molecule has 4 heteroatoms. The molecule has 0 aromatic rings. The summed E-state index contributed by atoms with van der Waals surface area (Å²) < 4.78 is 11.0. The minimum atomic E-state index is -0.127. The normalized spacial score (nSPS) is 34.8. The molecule has 2 rings (SSSR count). The van der Waals surface area contributed by atoms with E-state index in [0.717, 1.165) is 12.8 Å². The van der Waals surface area contributed by atoms with Gasteiger partial charge in [0.25, 0.3) is 0 Å². The van der Waals surface area contributed by atoms with Crippen molar-refractivity contribution in [1.82, 2.24) is 5.32 Å². The molecular formula is C12H21NO3. The Morgan fingerprint density at radius 3 is 2.50 bits per heavy atom. The number of carbonyl (C=O) groups excluding carboxylic acids is 1. The van der Waals surface area contributed by atoms with Crippen LogP contribution < -0.4 is 5.32 Å². The van der Waals surface area contributed by atoms with Crippen molar-refractivity contribution in [3.05, 3.63) is 0 Å². The molecule has 0 bridgehead atoms. The van der Waals surface area contributed by atoms with Gasteiger partial charge in [-0.2, -0.15) is 0 Å². The lowest BCUT2D eigenvalue weighted by Crippen LogP contribution is -2.37. The Hall–Kier alpha value is -0.610. The van der Waals surface area contributed by atoms with Crippen LogP contribution in [0.1, 0.15) is 39.5 Å². The minimum absolute atomic E-state index is 0.0345. The second kappa shape index (κ2) is 5.15. The first-order chi connectivity index (χ1) is 7.63. The smallest absolute Gasteiger partial charge is 0.320 e. The van der Waals surface area contributed by atoms with Crippen molar-refractivity contribution in [2.75, 3.05) is 6.54 Å². The van der Waals surface area contributed by atoms with Gasteiger partial charge in [-0.25, -0.2) is 0 Å². The van der Waals surface area contributed by atoms with Gasteiger partial charge in [-0.05, 0) is 26.7 Å². The van der Waals surface area contributed by atoms with Gasteiger partial charge in [0.2, 0.25) is 0 Å². The zero-order chi connectivity index (χ0) is 11.5. The van der Waals surface area contributed by atoms with E-state index in [1.165, 1.54) is 12.8 Å². The molecule has 0 aromatic carbocycles. The van der Waals surface area contributed by atoms with Crippen LogP contribution in [0, 0.1) is 0 Å². The number of ether oxygens (including phenoxy) is 2. The highest BCUT2D eigenvalue weighted by atomic mass is 16.6. The van der Waals surface area contributed by atoms with E-state index < -0.39 is 0 Å². The summed E-state index contributed by atoms with van der Waals surface area (Å²) in [4.78, 5) is 11.5. The van der Waals surface area contributed by atoms with Crippen molar-refractivity contribution < 1.29 is 14.3 Å². The van der Waals surface area contributed by atoms with E-state index >= 15 is 0 Å². The molecule has 1 N–H and O–H groups in total. The largest absolute Gasteiger partial charge is 0.461 e. The predicted octanol–water partition coefficient (Wildman–Crippen LogP) is 1.24. The fourth-order valence-corrected chi connectivity index (χ4v) is 2.18. The molecule has 1 saturated heterocycles. The van der Waals surface area contributed by atoms with Crippen molar-refractivity contribution in [2.24, 2.45) is 0 Å². The van der Waals surface area contributed by atoms with Crippen molar-refractivity contribution in [2.45, 2.75) is 63.9 Å². The van der Waals surface area contributed by atoms with Crippen LogP contribution in [0.5, 0.6) is 0 Å². The third-order valence-corrected chi connectivity index (χ3v) is 3.06. The maximum Gasteiger partial charge on any atom is 0.320 e. The lowest BCUT2D eigenvalue weighted by atomic mass is 10.0. The molecule has 1 aliphatic heterocycles. The molecule has 1 saturated carbocycles. The van der Waals surface area contributed by atoms with Crippen molar-refractivity contribution >= 4 is 5.97 Å². The summed E-state index contributed by atoms with van der Waals surface area (Å²) in [7, 11) is 0. The van der Waals surface area contributed by atoms with Crippen LogP contribution in [0.25, 0.3) is 0 Å². The topological polar surface area (TPSA) is 47.6 Å². The standard InChI is InChI=1S/C12H21NO3/c1-8-5-11(6-9(2)15-8)16-12(14)7-13-10-3-4-10/h8-11,13H,3-7H2,1-2H3. The summed E-state index contributed by atoms with van der Waals surface area (Å²) in [6, 6.07) is 0.556. The summed E-state index contributed by atoms with van der Waals surface area (Å²) in [5.74, 6) is -0.127. The quantitative estimate of drug-likeness (QED) is 0.734. The summed E-state index contributed by atoms with van der Waals surface area (Å²) in [5.41, 5.74) is 0. The fraction of sp³-hybridized carbons (Fsp3) is 0.917. The van der Waals surface area contributed by atoms with Gasteiger partial charge < -0.3 is 14.8 Å². The Morgan fingerprint density at radius 1 is 1.31 bits per heavy atom. The number of nitrogens with one attached hydrogen (secondary N) is 1. The summed E-state index contributed by atoms with van der Waals surface area (Å²) in [6.45, 7) is 4.41. The lowest BCUT2D eigenvalue weighted by Gasteiger charge is -2.31. The maximum atomic E-state index is 11.5. The Morgan fingerprint density at radius 2 is 1.94 bits per heavy atom. The molecule has 2 atom stereocenters. The predicted molar refractivity (Wildman–Crippen MR) is 60.1 cm³/mol. The van der Waals surface area contributed by atoms with Gasteiger partial charge in [0.05, 0.1) is 18.8 Å². The van der Waals surface area contributed by atoms with Crippen molar-refractivity contribution in [1.29, 1.82) is 0 Å². The van der Waals surface area contributed by atoms with Crippen LogP contribution >= 0.6 is 0 Å². The van der Waals surface area contributed by atoms with Crippen molar-refractivity contribution in [3.8, 4) is 0 Å². The molecule has 2 fully saturated rings. The molecule has 1 heterocycles. The summed E-state index contributed by atoms with van der Waals surface area (Å²) in [5, 5.41) is 3.16. The molecular weight excluding hydrogens is 206 g/mol. The number of esters is 1. The van der Waals surface area contributed by atoms with Gasteiger partial charge in [0.1, 0.15) is 6.10 Å². The fourth-order valence-electron chi connectivity index (χ4n) is 2.18. The molecule has 4 nitrogen and oxygen atoms in total. The van der Waals surface area contributed by atoms with E-state index in [9.17, 15) is 4.79 Å². The maximum absolute atomic E-state index is 11.5. The van der Waals surface area contributed by atoms with Crippen LogP contribution in [0.2, 0.25) is 0 Å². The Labute approximate surface area is 96.7 Å². The monoisotopic (exact) mass is 227 g/mol. The first kappa shape index (κ1) is 11.9. The molecule has 0 radical (unpaired) electrons. The molecule has 92 valence electrons. The number of hydrogen-bond donors (Lipinski definition) is 1. The molecule has 0 aromatic heterocycles. The van der Waals surface area contributed by atoms with Crippen LogP contribution in [0.15, 0.2) is 0 Å². The Bertz CT molecular complexity index is 243.